The molecule has 50 heavy (non-hydrogen) atoms. The topological polar surface area (TPSA) is 109 Å². The minimum Gasteiger partial charge on any atom is -0.282 e. The molecule has 0 spiro atoms. The highest BCUT2D eigenvalue weighted by Gasteiger charge is 2.24. The van der Waals surface area contributed by atoms with Crippen LogP contribution in [0.5, 0.6) is 0 Å². The predicted octanol–water partition coefficient (Wildman–Crippen LogP) is 12.4. The Morgan fingerprint density at radius 1 is 0.440 bits per heavy atom. The highest BCUT2D eigenvalue weighted by molar-refractivity contribution is 7.86. The monoisotopic (exact) mass is 726 g/mol. The van der Waals surface area contributed by atoms with E-state index in [0.717, 1.165) is 43.2 Å². The molecule has 0 atom stereocenters. The summed E-state index contributed by atoms with van der Waals surface area (Å²) in [7, 11) is -9.38. The summed E-state index contributed by atoms with van der Waals surface area (Å²) in [5.41, 5.74) is 3.93. The molecule has 278 valence electrons. The van der Waals surface area contributed by atoms with E-state index in [1.807, 2.05) is 0 Å². The molecular formula is C42H62O6S2. The summed E-state index contributed by atoms with van der Waals surface area (Å²) in [5.74, 6) is 0. The van der Waals surface area contributed by atoms with Crippen LogP contribution in [-0.4, -0.2) is 25.9 Å². The molecule has 0 saturated carbocycles. The van der Waals surface area contributed by atoms with Crippen molar-refractivity contribution in [1.82, 2.24) is 0 Å². The molecule has 0 aromatic heterocycles. The van der Waals surface area contributed by atoms with Crippen molar-refractivity contribution in [1.29, 1.82) is 0 Å². The molecule has 0 saturated heterocycles. The molecule has 0 fully saturated rings. The second-order valence-electron chi connectivity index (χ2n) is 14.0. The summed E-state index contributed by atoms with van der Waals surface area (Å²) in [6, 6.07) is 16.9. The van der Waals surface area contributed by atoms with E-state index in [2.05, 4.69) is 32.0 Å². The Balaban J connectivity index is 1.79. The van der Waals surface area contributed by atoms with Crippen molar-refractivity contribution < 1.29 is 25.9 Å². The Morgan fingerprint density at radius 2 is 0.900 bits per heavy atom. The van der Waals surface area contributed by atoms with Crippen molar-refractivity contribution in [2.24, 2.45) is 0 Å². The molecule has 0 bridgehead atoms. The van der Waals surface area contributed by atoms with Gasteiger partial charge in [-0.25, -0.2) is 0 Å². The van der Waals surface area contributed by atoms with Gasteiger partial charge in [0, 0.05) is 11.1 Å². The van der Waals surface area contributed by atoms with Crippen molar-refractivity contribution in [3.05, 3.63) is 71.8 Å². The molecule has 0 aliphatic carbocycles. The lowest BCUT2D eigenvalue weighted by molar-refractivity contribution is 0.480. The molecule has 3 rings (SSSR count). The van der Waals surface area contributed by atoms with E-state index in [0.29, 0.717) is 5.56 Å². The molecular weight excluding hydrogens is 665 g/mol. The smallest absolute Gasteiger partial charge is 0.282 e. The van der Waals surface area contributed by atoms with Gasteiger partial charge in [0.05, 0.1) is 0 Å². The van der Waals surface area contributed by atoms with Crippen LogP contribution in [-0.2, 0) is 33.1 Å². The zero-order valence-corrected chi connectivity index (χ0v) is 32.3. The Morgan fingerprint density at radius 3 is 1.42 bits per heavy atom. The van der Waals surface area contributed by atoms with Crippen molar-refractivity contribution in [3.8, 4) is 22.3 Å². The molecule has 0 radical (unpaired) electrons. The fraction of sp³-hybridized carbons (Fsp3) is 0.571. The minimum absolute atomic E-state index is 0.00877. The highest BCUT2D eigenvalue weighted by Crippen LogP contribution is 2.37. The van der Waals surface area contributed by atoms with E-state index < -0.39 is 30.0 Å². The zero-order valence-electron chi connectivity index (χ0n) is 30.7. The van der Waals surface area contributed by atoms with Gasteiger partial charge in [-0.1, -0.05) is 178 Å². The molecule has 2 N–H and O–H groups in total. The number of hydrogen-bond acceptors (Lipinski definition) is 4. The number of hydrogen-bond donors (Lipinski definition) is 2. The average molecular weight is 727 g/mol. The van der Waals surface area contributed by atoms with Crippen LogP contribution in [0, 0.1) is 0 Å². The number of aryl methyl sites for hydroxylation is 2. The first-order valence-corrected chi connectivity index (χ1v) is 22.2. The molecule has 0 heterocycles. The second kappa shape index (κ2) is 22.4. The number of rotatable bonds is 26. The van der Waals surface area contributed by atoms with Gasteiger partial charge in [0.1, 0.15) is 9.79 Å². The summed E-state index contributed by atoms with van der Waals surface area (Å²) in [4.78, 5) is -0.811. The van der Waals surface area contributed by atoms with Crippen LogP contribution in [0.15, 0.2) is 70.5 Å². The maximum Gasteiger partial charge on any atom is 0.295 e. The third-order valence-corrected chi connectivity index (χ3v) is 11.6. The van der Waals surface area contributed by atoms with Gasteiger partial charge in [-0.2, -0.15) is 16.8 Å². The molecule has 0 aliphatic rings. The first kappa shape index (κ1) is 41.9. The fourth-order valence-corrected chi connectivity index (χ4v) is 8.36. The predicted molar refractivity (Wildman–Crippen MR) is 208 cm³/mol. The highest BCUT2D eigenvalue weighted by atomic mass is 32.2. The quantitative estimate of drug-likeness (QED) is 0.0629. The third kappa shape index (κ3) is 14.6. The fourth-order valence-electron chi connectivity index (χ4n) is 6.93. The van der Waals surface area contributed by atoms with E-state index in [4.69, 9.17) is 0 Å². The minimum atomic E-state index is -4.74. The van der Waals surface area contributed by atoms with Gasteiger partial charge in [0.2, 0.25) is 0 Å². The van der Waals surface area contributed by atoms with E-state index in [9.17, 15) is 25.9 Å². The lowest BCUT2D eigenvalue weighted by Crippen LogP contribution is -2.05. The lowest BCUT2D eigenvalue weighted by atomic mass is 9.91. The van der Waals surface area contributed by atoms with Crippen LogP contribution >= 0.6 is 0 Å². The van der Waals surface area contributed by atoms with E-state index >= 15 is 0 Å². The summed E-state index contributed by atoms with van der Waals surface area (Å²) in [5, 5.41) is 0. The van der Waals surface area contributed by atoms with Crippen molar-refractivity contribution in [2.45, 2.75) is 165 Å². The normalized spacial score (nSPS) is 12.1. The van der Waals surface area contributed by atoms with Crippen LogP contribution in [0.3, 0.4) is 0 Å². The van der Waals surface area contributed by atoms with Gasteiger partial charge < -0.3 is 0 Å². The molecule has 3 aromatic rings. The largest absolute Gasteiger partial charge is 0.295 e. The van der Waals surface area contributed by atoms with Gasteiger partial charge in [-0.3, -0.25) is 9.11 Å². The Bertz CT molecular complexity index is 1650. The number of unbranched alkanes of at least 4 members (excludes halogenated alkanes) is 18. The SMILES string of the molecule is CCCCCCCCCCCCc1ccc(CCCCCCCCCCCC)c(-c2ccc(-c3ccccc3S(=O)(=O)O)c(S(=O)(=O)O)c2)c1. The van der Waals surface area contributed by atoms with Crippen LogP contribution in [0.1, 0.15) is 153 Å². The van der Waals surface area contributed by atoms with Crippen molar-refractivity contribution in [2.75, 3.05) is 0 Å². The van der Waals surface area contributed by atoms with E-state index in [1.54, 1.807) is 12.1 Å². The Labute approximate surface area is 304 Å². The molecule has 0 amide bonds. The van der Waals surface area contributed by atoms with Gasteiger partial charge >= 0.3 is 0 Å². The molecule has 0 unspecified atom stereocenters. The van der Waals surface area contributed by atoms with Gasteiger partial charge in [0.15, 0.2) is 0 Å². The Hall–Kier alpha value is -2.52. The maximum absolute atomic E-state index is 12.8. The standard InChI is InChI=1S/C42H62O6S2/c1-3-5-7-9-11-13-15-17-19-21-25-35-29-30-36(26-22-20-18-16-14-12-10-8-6-4-2)40(33-35)37-31-32-39(42(34-37)50(46,47)48)38-27-23-24-28-41(38)49(43,44)45/h23-24,27-34H,3-22,25-26H2,1-2H3,(H,43,44,45)(H,46,47,48). The van der Waals surface area contributed by atoms with Crippen LogP contribution in [0.2, 0.25) is 0 Å². The van der Waals surface area contributed by atoms with Crippen LogP contribution < -0.4 is 0 Å². The molecule has 3 aromatic carbocycles. The summed E-state index contributed by atoms with van der Waals surface area (Å²) < 4.78 is 70.0. The van der Waals surface area contributed by atoms with Crippen LogP contribution in [0.25, 0.3) is 22.3 Å². The van der Waals surface area contributed by atoms with Gasteiger partial charge in [-0.05, 0) is 60.1 Å². The summed E-state index contributed by atoms with van der Waals surface area (Å²) in [6.45, 7) is 4.49. The van der Waals surface area contributed by atoms with Gasteiger partial charge in [-0.15, -0.1) is 0 Å². The third-order valence-electron chi connectivity index (χ3n) is 9.82. The summed E-state index contributed by atoms with van der Waals surface area (Å²) in [6.07, 6.45) is 27.0. The average Bonchev–Trinajstić information content (AvgIpc) is 3.09. The van der Waals surface area contributed by atoms with Crippen molar-refractivity contribution >= 4 is 20.2 Å². The lowest BCUT2D eigenvalue weighted by Gasteiger charge is -2.16. The maximum atomic E-state index is 12.8. The Kier molecular flexibility index (Phi) is 18.8. The zero-order chi connectivity index (χ0) is 36.2. The summed E-state index contributed by atoms with van der Waals surface area (Å²) >= 11 is 0. The second-order valence-corrected chi connectivity index (χ2v) is 16.8. The van der Waals surface area contributed by atoms with Gasteiger partial charge in [0.25, 0.3) is 20.2 Å². The van der Waals surface area contributed by atoms with E-state index in [1.165, 1.54) is 145 Å². The van der Waals surface area contributed by atoms with E-state index in [-0.39, 0.29) is 11.1 Å². The molecule has 8 heteroatoms. The van der Waals surface area contributed by atoms with Crippen molar-refractivity contribution in [3.63, 3.8) is 0 Å². The first-order chi connectivity index (χ1) is 24.1. The number of benzene rings is 3. The molecule has 0 aliphatic heterocycles. The molecule has 6 nitrogen and oxygen atoms in total. The first-order valence-electron chi connectivity index (χ1n) is 19.4. The van der Waals surface area contributed by atoms with Crippen LogP contribution in [0.4, 0.5) is 0 Å².